The van der Waals surface area contributed by atoms with Gasteiger partial charge in [-0.25, -0.2) is 4.79 Å². The molecule has 15 heavy (non-hydrogen) atoms. The van der Waals surface area contributed by atoms with Crippen molar-refractivity contribution < 1.29 is 4.79 Å². The van der Waals surface area contributed by atoms with Gasteiger partial charge in [0.05, 0.1) is 0 Å². The average molecular weight is 200 g/mol. The Labute approximate surface area is 92.1 Å². The number of urea groups is 1. The first-order chi connectivity index (χ1) is 7.20. The minimum absolute atomic E-state index is 0.0244. The number of carbonyl (C=O) groups is 1. The zero-order chi connectivity index (χ0) is 11.5. The summed E-state index contributed by atoms with van der Waals surface area (Å²) < 4.78 is 0. The summed E-state index contributed by atoms with van der Waals surface area (Å²) >= 11 is 0. The predicted molar refractivity (Wildman–Crippen MR) is 60.1 cm³/mol. The topological polar surface area (TPSA) is 90.6 Å². The highest BCUT2D eigenvalue weighted by Gasteiger charge is 1.99. The van der Waals surface area contributed by atoms with E-state index < -0.39 is 12.7 Å². The second-order valence-electron chi connectivity index (χ2n) is 2.28. The first-order valence-corrected chi connectivity index (χ1v) is 4.15. The normalized spacial score (nSPS) is 10.5. The van der Waals surface area contributed by atoms with Crippen LogP contribution >= 0.6 is 0 Å². The van der Waals surface area contributed by atoms with Gasteiger partial charge < -0.3 is 10.6 Å². The van der Waals surface area contributed by atoms with Crippen LogP contribution in [0, 0.1) is 0 Å². The van der Waals surface area contributed by atoms with Crippen LogP contribution in [0.5, 0.6) is 0 Å². The molecule has 0 bridgehead atoms. The van der Waals surface area contributed by atoms with Crippen LogP contribution < -0.4 is 10.6 Å². The van der Waals surface area contributed by atoms with Gasteiger partial charge in [-0.3, -0.25) is 5.03 Å². The number of azo groups is 1. The quantitative estimate of drug-likeness (QED) is 0.404. The Balaban J connectivity index is 3.50. The first kappa shape index (κ1) is 13.7. The van der Waals surface area contributed by atoms with Crippen LogP contribution in [0.3, 0.4) is 0 Å². The van der Waals surface area contributed by atoms with Gasteiger partial charge in [0.1, 0.15) is 13.3 Å². The van der Waals surface area contributed by atoms with Crippen molar-refractivity contribution in [2.75, 3.05) is 20.4 Å². The molecule has 2 N–H and O–H groups in total. The number of nitrogens with one attached hydrogen (secondary N) is 2. The van der Waals surface area contributed by atoms with Gasteiger partial charge in [0.2, 0.25) is 6.63 Å². The molecular formula is C4H9B4N6O. The van der Waals surface area contributed by atoms with Gasteiger partial charge >= 0.3 is 6.03 Å². The summed E-state index contributed by atoms with van der Waals surface area (Å²) in [4.78, 5) is 10.9. The molecule has 0 aromatic heterocycles. The van der Waals surface area contributed by atoms with Crippen molar-refractivity contribution in [1.29, 1.82) is 0 Å². The molecule has 11 heteroatoms. The Bertz CT molecular complexity index is 235. The van der Waals surface area contributed by atoms with Gasteiger partial charge in [0, 0.05) is 29.6 Å². The molecule has 0 atom stereocenters. The van der Waals surface area contributed by atoms with Crippen LogP contribution in [0.1, 0.15) is 0 Å². The second-order valence-corrected chi connectivity index (χ2v) is 2.28. The molecule has 0 saturated heterocycles. The predicted octanol–water partition coefficient (Wildman–Crippen LogP) is -1.32. The fourth-order valence-electron chi connectivity index (χ4n) is 0.521. The van der Waals surface area contributed by atoms with Crippen molar-refractivity contribution in [3.05, 3.63) is 0 Å². The Morgan fingerprint density at radius 3 is 2.53 bits per heavy atom. The standard InChI is InChI=1S/C4H9B4N6O/c1-9-12-2-10-4(15)11-3-13-14-8(6)7-5/h2-3H2,1H3,(H2,10,11,15). The highest BCUT2D eigenvalue weighted by atomic mass is 16.2. The summed E-state index contributed by atoms with van der Waals surface area (Å²) in [6.45, 7) is -0.504. The summed E-state index contributed by atoms with van der Waals surface area (Å²) in [5.74, 6) is 0. The maximum Gasteiger partial charge on any atom is 0.317 e. The molecule has 0 aromatic rings. The van der Waals surface area contributed by atoms with E-state index in [1.54, 1.807) is 0 Å². The molecule has 0 aliphatic heterocycles. The number of carbonyl (C=O) groups excluding carboxylic acids is 1. The van der Waals surface area contributed by atoms with Crippen molar-refractivity contribution in [3.8, 4) is 0 Å². The van der Waals surface area contributed by atoms with E-state index in [1.807, 2.05) is 0 Å². The Morgan fingerprint density at radius 1 is 1.40 bits per heavy atom. The zero-order valence-electron chi connectivity index (χ0n) is 8.42. The summed E-state index contributed by atoms with van der Waals surface area (Å²) in [7, 11) is 13.1. The van der Waals surface area contributed by atoms with Gasteiger partial charge in [-0.05, 0) is 0 Å². The highest BCUT2D eigenvalue weighted by Crippen LogP contribution is 1.76. The van der Waals surface area contributed by atoms with E-state index in [2.05, 4.69) is 31.0 Å². The molecular weight excluding hydrogens is 191 g/mol. The molecule has 0 heterocycles. The molecule has 0 aliphatic carbocycles. The number of amides is 2. The molecule has 7 nitrogen and oxygen atoms in total. The maximum atomic E-state index is 10.9. The van der Waals surface area contributed by atoms with Crippen molar-refractivity contribution in [2.24, 2.45) is 20.4 Å². The summed E-state index contributed by atoms with van der Waals surface area (Å²) in [5, 5.41) is 18.9. The van der Waals surface area contributed by atoms with Crippen LogP contribution in [0.15, 0.2) is 20.4 Å². The molecule has 2 amide bonds. The lowest BCUT2D eigenvalue weighted by molar-refractivity contribution is 0.241. The van der Waals surface area contributed by atoms with E-state index in [9.17, 15) is 4.79 Å². The second kappa shape index (κ2) is 9.29. The average Bonchev–Trinajstić information content (AvgIpc) is 2.24. The first-order valence-electron chi connectivity index (χ1n) is 4.15. The van der Waals surface area contributed by atoms with Crippen LogP contribution in [0.4, 0.5) is 4.79 Å². The molecule has 73 valence electrons. The summed E-state index contributed by atoms with van der Waals surface area (Å²) in [6, 6.07) is -0.411. The molecule has 0 aromatic carbocycles. The Hall–Kier alpha value is -1.27. The fourth-order valence-corrected chi connectivity index (χ4v) is 0.521. The van der Waals surface area contributed by atoms with Crippen molar-refractivity contribution in [1.82, 2.24) is 10.6 Å². The lowest BCUT2D eigenvalue weighted by Gasteiger charge is -2.01. The molecule has 0 unspecified atom stereocenters. The highest BCUT2D eigenvalue weighted by molar-refractivity contribution is 7.45. The van der Waals surface area contributed by atoms with E-state index in [0.717, 1.165) is 0 Å². The van der Waals surface area contributed by atoms with Crippen molar-refractivity contribution >= 4 is 35.2 Å². The van der Waals surface area contributed by atoms with E-state index in [4.69, 9.17) is 15.5 Å². The van der Waals surface area contributed by atoms with Gasteiger partial charge in [-0.15, -0.1) is 0 Å². The lowest BCUT2D eigenvalue weighted by Crippen LogP contribution is -2.35. The summed E-state index contributed by atoms with van der Waals surface area (Å²) in [5.41, 5.74) is 0. The lowest BCUT2D eigenvalue weighted by atomic mass is 9.11. The molecule has 0 fully saturated rings. The fraction of sp³-hybridized carbons (Fsp3) is 0.750. The van der Waals surface area contributed by atoms with E-state index in [-0.39, 0.29) is 13.3 Å². The number of nitrogens with zero attached hydrogens (tertiary/aromatic N) is 4. The number of hydrogen-bond donors (Lipinski definition) is 2. The smallest absolute Gasteiger partial charge is 0.317 e. The molecule has 5 radical (unpaired) electrons. The van der Waals surface area contributed by atoms with E-state index in [1.165, 1.54) is 14.1 Å². The minimum atomic E-state index is -0.649. The molecule has 0 rings (SSSR count). The monoisotopic (exact) mass is 201 g/mol. The van der Waals surface area contributed by atoms with Gasteiger partial charge in [-0.2, -0.15) is 15.3 Å². The zero-order valence-corrected chi connectivity index (χ0v) is 8.42. The number of rotatable bonds is 6. The van der Waals surface area contributed by atoms with Gasteiger partial charge in [0.15, 0.2) is 0 Å². The van der Waals surface area contributed by atoms with Crippen LogP contribution in [-0.4, -0.2) is 55.6 Å². The molecule has 0 aliphatic rings. The van der Waals surface area contributed by atoms with Crippen LogP contribution in [0.2, 0.25) is 0 Å². The third-order valence-electron chi connectivity index (χ3n) is 1.17. The van der Waals surface area contributed by atoms with Gasteiger partial charge in [0.25, 0.3) is 0 Å². The minimum Gasteiger partial charge on any atom is -0.317 e. The summed E-state index contributed by atoms with van der Waals surface area (Å²) in [6.07, 6.45) is 0. The van der Waals surface area contributed by atoms with E-state index in [0.29, 0.717) is 0 Å². The Kier molecular flexibility index (Phi) is 8.50. The van der Waals surface area contributed by atoms with Gasteiger partial charge in [-0.1, -0.05) is 0 Å². The van der Waals surface area contributed by atoms with Crippen LogP contribution in [0.25, 0.3) is 0 Å². The number of hydrogen-bond acceptors (Lipinski definition) is 5. The largest absolute Gasteiger partial charge is 0.317 e. The molecule has 0 saturated carbocycles. The molecule has 0 spiro atoms. The third-order valence-corrected chi connectivity index (χ3v) is 1.17. The maximum absolute atomic E-state index is 10.9. The van der Waals surface area contributed by atoms with Crippen molar-refractivity contribution in [3.63, 3.8) is 0 Å². The Morgan fingerprint density at radius 2 is 2.00 bits per heavy atom. The van der Waals surface area contributed by atoms with E-state index >= 15 is 0 Å². The SMILES string of the molecule is [B][B]B([B])N=NCNC(=O)NCN=NC. The third kappa shape index (κ3) is 9.04. The van der Waals surface area contributed by atoms with Crippen LogP contribution in [-0.2, 0) is 0 Å². The van der Waals surface area contributed by atoms with Crippen molar-refractivity contribution in [2.45, 2.75) is 0 Å².